The smallest absolute Gasteiger partial charge is 0.338 e. The third kappa shape index (κ3) is 4.05. The van der Waals surface area contributed by atoms with Gasteiger partial charge < -0.3 is 4.74 Å². The molecule has 1 rings (SSSR count). The molecule has 1 aromatic carbocycles. The van der Waals surface area contributed by atoms with E-state index in [-0.39, 0.29) is 5.97 Å². The molecule has 0 aliphatic heterocycles. The van der Waals surface area contributed by atoms with Gasteiger partial charge in [-0.15, -0.1) is 0 Å². The molecule has 16 heavy (non-hydrogen) atoms. The summed E-state index contributed by atoms with van der Waals surface area (Å²) < 4.78 is 5.21. The van der Waals surface area contributed by atoms with Crippen LogP contribution < -0.4 is 0 Å². The number of ether oxygens (including phenoxy) is 1. The van der Waals surface area contributed by atoms with Crippen LogP contribution in [0.4, 0.5) is 0 Å². The monoisotopic (exact) mass is 220 g/mol. The maximum Gasteiger partial charge on any atom is 0.338 e. The number of carbonyl (C=O) groups excluding carboxylic acids is 1. The van der Waals surface area contributed by atoms with Gasteiger partial charge in [0.15, 0.2) is 0 Å². The summed E-state index contributed by atoms with van der Waals surface area (Å²) in [7, 11) is 0. The maximum atomic E-state index is 11.7. The normalized spacial score (nSPS) is 10.6. The number of hydrogen-bond donors (Lipinski definition) is 0. The summed E-state index contributed by atoms with van der Waals surface area (Å²) >= 11 is 0. The second kappa shape index (κ2) is 5.69. The zero-order valence-electron chi connectivity index (χ0n) is 10.5. The predicted molar refractivity (Wildman–Crippen MR) is 65.7 cm³/mol. The molecule has 2 nitrogen and oxygen atoms in total. The van der Waals surface area contributed by atoms with Gasteiger partial charge >= 0.3 is 5.97 Å². The van der Waals surface area contributed by atoms with Crippen molar-refractivity contribution in [1.82, 2.24) is 0 Å². The first-order chi connectivity index (χ1) is 7.49. The molecule has 0 radical (unpaired) electrons. The Morgan fingerprint density at radius 2 is 1.75 bits per heavy atom. The van der Waals surface area contributed by atoms with Crippen LogP contribution in [0.15, 0.2) is 18.2 Å². The quantitative estimate of drug-likeness (QED) is 0.726. The first-order valence-electron chi connectivity index (χ1n) is 5.74. The highest BCUT2D eigenvalue weighted by Gasteiger charge is 2.08. The van der Waals surface area contributed by atoms with Crippen LogP contribution in [0.3, 0.4) is 0 Å². The zero-order valence-corrected chi connectivity index (χ0v) is 10.5. The fourth-order valence-corrected chi connectivity index (χ4v) is 1.56. The summed E-state index contributed by atoms with van der Waals surface area (Å²) in [6.07, 6.45) is 0.913. The Labute approximate surface area is 97.6 Å². The Morgan fingerprint density at radius 1 is 1.19 bits per heavy atom. The maximum absolute atomic E-state index is 11.7. The summed E-state index contributed by atoms with van der Waals surface area (Å²) in [5.41, 5.74) is 2.84. The van der Waals surface area contributed by atoms with E-state index in [9.17, 15) is 4.79 Å². The van der Waals surface area contributed by atoms with Gasteiger partial charge in [-0.05, 0) is 38.3 Å². The number of benzene rings is 1. The Bertz CT molecular complexity index is 347. The van der Waals surface area contributed by atoms with Crippen molar-refractivity contribution in [3.63, 3.8) is 0 Å². The van der Waals surface area contributed by atoms with Crippen LogP contribution in [0.1, 0.15) is 41.8 Å². The molecule has 0 heterocycles. The molecule has 1 aromatic rings. The Hall–Kier alpha value is -1.31. The van der Waals surface area contributed by atoms with Crippen molar-refractivity contribution in [2.45, 2.75) is 34.1 Å². The van der Waals surface area contributed by atoms with Crippen molar-refractivity contribution in [2.75, 3.05) is 6.61 Å². The minimum Gasteiger partial charge on any atom is -0.462 e. The van der Waals surface area contributed by atoms with Crippen molar-refractivity contribution in [2.24, 2.45) is 5.92 Å². The molecule has 2 heteroatoms. The zero-order chi connectivity index (χ0) is 12.1. The van der Waals surface area contributed by atoms with Crippen LogP contribution in [0.5, 0.6) is 0 Å². The summed E-state index contributed by atoms with van der Waals surface area (Å²) in [6, 6.07) is 5.78. The minimum absolute atomic E-state index is 0.215. The molecule has 0 bridgehead atoms. The van der Waals surface area contributed by atoms with Crippen LogP contribution >= 0.6 is 0 Å². The highest BCUT2D eigenvalue weighted by molar-refractivity contribution is 5.89. The van der Waals surface area contributed by atoms with Gasteiger partial charge in [-0.25, -0.2) is 4.79 Å². The topological polar surface area (TPSA) is 26.3 Å². The number of hydrogen-bond acceptors (Lipinski definition) is 2. The molecule has 0 saturated heterocycles. The lowest BCUT2D eigenvalue weighted by molar-refractivity contribution is 0.0488. The number of esters is 1. The highest BCUT2D eigenvalue weighted by atomic mass is 16.5. The first-order valence-corrected chi connectivity index (χ1v) is 5.74. The van der Waals surface area contributed by atoms with Gasteiger partial charge in [-0.3, -0.25) is 0 Å². The van der Waals surface area contributed by atoms with Crippen LogP contribution in [-0.4, -0.2) is 12.6 Å². The summed E-state index contributed by atoms with van der Waals surface area (Å²) in [5.74, 6) is 0.347. The minimum atomic E-state index is -0.215. The lowest BCUT2D eigenvalue weighted by Gasteiger charge is -2.08. The molecular weight excluding hydrogens is 200 g/mol. The second-order valence-electron chi connectivity index (χ2n) is 4.69. The van der Waals surface area contributed by atoms with E-state index >= 15 is 0 Å². The first kappa shape index (κ1) is 12.8. The van der Waals surface area contributed by atoms with Gasteiger partial charge in [0.1, 0.15) is 0 Å². The van der Waals surface area contributed by atoms with Crippen LogP contribution in [0.25, 0.3) is 0 Å². The van der Waals surface area contributed by atoms with Gasteiger partial charge in [0, 0.05) is 0 Å². The van der Waals surface area contributed by atoms with Crippen molar-refractivity contribution >= 4 is 5.97 Å². The van der Waals surface area contributed by atoms with Crippen molar-refractivity contribution in [3.05, 3.63) is 34.9 Å². The van der Waals surface area contributed by atoms with E-state index in [1.54, 1.807) is 0 Å². The average molecular weight is 220 g/mol. The van der Waals surface area contributed by atoms with E-state index in [0.717, 1.165) is 17.5 Å². The summed E-state index contributed by atoms with van der Waals surface area (Å²) in [5, 5.41) is 0. The van der Waals surface area contributed by atoms with Crippen molar-refractivity contribution < 1.29 is 9.53 Å². The Morgan fingerprint density at radius 3 is 2.25 bits per heavy atom. The second-order valence-corrected chi connectivity index (χ2v) is 4.69. The number of aryl methyl sites for hydroxylation is 2. The van der Waals surface area contributed by atoms with E-state index in [2.05, 4.69) is 13.8 Å². The SMILES string of the molecule is Cc1cc(C)cc(C(=O)OCCC(C)C)c1. The molecule has 0 saturated carbocycles. The van der Waals surface area contributed by atoms with Crippen molar-refractivity contribution in [3.8, 4) is 0 Å². The van der Waals surface area contributed by atoms with Crippen LogP contribution in [0, 0.1) is 19.8 Å². The van der Waals surface area contributed by atoms with E-state index in [1.165, 1.54) is 0 Å². The fraction of sp³-hybridized carbons (Fsp3) is 0.500. The molecular formula is C14H20O2. The molecule has 0 N–H and O–H groups in total. The molecule has 0 aliphatic rings. The number of carbonyl (C=O) groups is 1. The van der Waals surface area contributed by atoms with E-state index < -0.39 is 0 Å². The molecule has 0 spiro atoms. The third-order valence-corrected chi connectivity index (χ3v) is 2.39. The lowest BCUT2D eigenvalue weighted by Crippen LogP contribution is -2.08. The molecule has 88 valence electrons. The molecule has 0 amide bonds. The summed E-state index contributed by atoms with van der Waals surface area (Å²) in [6.45, 7) is 8.70. The Balaban J connectivity index is 2.59. The summed E-state index contributed by atoms with van der Waals surface area (Å²) in [4.78, 5) is 11.7. The van der Waals surface area contributed by atoms with Gasteiger partial charge in [0.05, 0.1) is 12.2 Å². The van der Waals surface area contributed by atoms with Gasteiger partial charge in [-0.1, -0.05) is 31.0 Å². The van der Waals surface area contributed by atoms with Gasteiger partial charge in [-0.2, -0.15) is 0 Å². The van der Waals surface area contributed by atoms with Gasteiger partial charge in [0.25, 0.3) is 0 Å². The third-order valence-electron chi connectivity index (χ3n) is 2.39. The molecule has 0 aliphatic carbocycles. The number of rotatable bonds is 4. The largest absolute Gasteiger partial charge is 0.462 e. The Kier molecular flexibility index (Phi) is 4.53. The standard InChI is InChI=1S/C14H20O2/c1-10(2)5-6-16-14(15)13-8-11(3)7-12(4)9-13/h7-10H,5-6H2,1-4H3. The van der Waals surface area contributed by atoms with Gasteiger partial charge in [0.2, 0.25) is 0 Å². The fourth-order valence-electron chi connectivity index (χ4n) is 1.56. The molecule has 0 atom stereocenters. The van der Waals surface area contributed by atoms with Crippen LogP contribution in [0.2, 0.25) is 0 Å². The predicted octanol–water partition coefficient (Wildman–Crippen LogP) is 3.51. The van der Waals surface area contributed by atoms with Crippen molar-refractivity contribution in [1.29, 1.82) is 0 Å². The molecule has 0 aromatic heterocycles. The average Bonchev–Trinajstić information content (AvgIpc) is 2.15. The highest BCUT2D eigenvalue weighted by Crippen LogP contribution is 2.10. The molecule has 0 unspecified atom stereocenters. The van der Waals surface area contributed by atoms with E-state index in [1.807, 2.05) is 32.0 Å². The lowest BCUT2D eigenvalue weighted by atomic mass is 10.1. The van der Waals surface area contributed by atoms with Crippen LogP contribution in [-0.2, 0) is 4.74 Å². The van der Waals surface area contributed by atoms with E-state index in [4.69, 9.17) is 4.74 Å². The van der Waals surface area contributed by atoms with E-state index in [0.29, 0.717) is 18.1 Å². The molecule has 0 fully saturated rings.